The van der Waals surface area contributed by atoms with Crippen molar-refractivity contribution in [3.05, 3.63) is 5.89 Å². The van der Waals surface area contributed by atoms with Crippen LogP contribution in [0.3, 0.4) is 0 Å². The molecule has 0 aliphatic heterocycles. The van der Waals surface area contributed by atoms with Gasteiger partial charge in [0.15, 0.2) is 0 Å². The summed E-state index contributed by atoms with van der Waals surface area (Å²) in [5.74, 6) is 0.363. The SMILES string of the molecule is CNCc1nnc(N(C)CC(=O)NCCOC)o1. The Bertz CT molecular complexity index is 368. The van der Waals surface area contributed by atoms with Crippen LogP contribution in [0.2, 0.25) is 0 Å². The molecule has 18 heavy (non-hydrogen) atoms. The number of amides is 1. The normalized spacial score (nSPS) is 10.4. The van der Waals surface area contributed by atoms with Crippen LogP contribution in [0.1, 0.15) is 5.89 Å². The first-order valence-electron chi connectivity index (χ1n) is 5.61. The Hall–Kier alpha value is -1.67. The van der Waals surface area contributed by atoms with Gasteiger partial charge in [-0.25, -0.2) is 0 Å². The minimum absolute atomic E-state index is 0.122. The van der Waals surface area contributed by atoms with Crippen LogP contribution in [-0.2, 0) is 16.1 Å². The highest BCUT2D eigenvalue weighted by Gasteiger charge is 2.13. The van der Waals surface area contributed by atoms with E-state index in [1.165, 1.54) is 0 Å². The first kappa shape index (κ1) is 14.4. The second kappa shape index (κ2) is 7.62. The van der Waals surface area contributed by atoms with Gasteiger partial charge in [0.2, 0.25) is 11.8 Å². The highest BCUT2D eigenvalue weighted by atomic mass is 16.5. The van der Waals surface area contributed by atoms with Crippen molar-refractivity contribution < 1.29 is 13.9 Å². The molecule has 0 aromatic carbocycles. The second-order valence-corrected chi connectivity index (χ2v) is 3.71. The summed E-state index contributed by atoms with van der Waals surface area (Å²) in [4.78, 5) is 13.1. The van der Waals surface area contributed by atoms with Crippen molar-refractivity contribution in [3.8, 4) is 0 Å². The Kier molecular flexibility index (Phi) is 6.09. The second-order valence-electron chi connectivity index (χ2n) is 3.71. The van der Waals surface area contributed by atoms with Crippen LogP contribution in [0.5, 0.6) is 0 Å². The van der Waals surface area contributed by atoms with E-state index in [-0.39, 0.29) is 12.5 Å². The topological polar surface area (TPSA) is 92.5 Å². The van der Waals surface area contributed by atoms with Gasteiger partial charge < -0.3 is 24.7 Å². The van der Waals surface area contributed by atoms with Crippen LogP contribution in [0.25, 0.3) is 0 Å². The lowest BCUT2D eigenvalue weighted by Gasteiger charge is -2.13. The molecule has 0 fully saturated rings. The number of aromatic nitrogens is 2. The first-order chi connectivity index (χ1) is 8.67. The number of ether oxygens (including phenoxy) is 1. The van der Waals surface area contributed by atoms with Crippen LogP contribution in [0.15, 0.2) is 4.42 Å². The standard InChI is InChI=1S/C10H19N5O3/c1-11-6-9-13-14-10(18-9)15(2)7-8(16)12-4-5-17-3/h11H,4-7H2,1-3H3,(H,12,16). The van der Waals surface area contributed by atoms with E-state index in [2.05, 4.69) is 20.8 Å². The molecule has 8 nitrogen and oxygen atoms in total. The molecule has 1 aromatic heterocycles. The van der Waals surface area contributed by atoms with E-state index in [1.54, 1.807) is 26.1 Å². The molecule has 1 heterocycles. The maximum Gasteiger partial charge on any atom is 0.318 e. The van der Waals surface area contributed by atoms with Crippen LogP contribution in [0.4, 0.5) is 6.01 Å². The first-order valence-corrected chi connectivity index (χ1v) is 5.61. The summed E-state index contributed by atoms with van der Waals surface area (Å²) in [6.07, 6.45) is 0. The lowest BCUT2D eigenvalue weighted by atomic mass is 10.5. The number of rotatable bonds is 8. The molecular weight excluding hydrogens is 238 g/mol. The third-order valence-electron chi connectivity index (χ3n) is 2.12. The van der Waals surface area contributed by atoms with E-state index in [1.807, 2.05) is 0 Å². The summed E-state index contributed by atoms with van der Waals surface area (Å²) in [5, 5.41) is 13.3. The van der Waals surface area contributed by atoms with Crippen molar-refractivity contribution in [2.45, 2.75) is 6.54 Å². The fraction of sp³-hybridized carbons (Fsp3) is 0.700. The van der Waals surface area contributed by atoms with E-state index in [0.29, 0.717) is 31.6 Å². The average Bonchev–Trinajstić information content (AvgIpc) is 2.78. The highest BCUT2D eigenvalue weighted by molar-refractivity contribution is 5.80. The highest BCUT2D eigenvalue weighted by Crippen LogP contribution is 2.09. The van der Waals surface area contributed by atoms with E-state index in [4.69, 9.17) is 9.15 Å². The van der Waals surface area contributed by atoms with Gasteiger partial charge in [0.25, 0.3) is 0 Å². The van der Waals surface area contributed by atoms with Crippen molar-refractivity contribution in [1.82, 2.24) is 20.8 Å². The van der Waals surface area contributed by atoms with Gasteiger partial charge in [-0.05, 0) is 7.05 Å². The number of nitrogens with one attached hydrogen (secondary N) is 2. The van der Waals surface area contributed by atoms with Gasteiger partial charge in [0, 0.05) is 20.7 Å². The maximum absolute atomic E-state index is 11.5. The predicted molar refractivity (Wildman–Crippen MR) is 65.2 cm³/mol. The van der Waals surface area contributed by atoms with Crippen molar-refractivity contribution in [2.24, 2.45) is 0 Å². The molecule has 0 unspecified atom stereocenters. The molecule has 1 amide bonds. The number of methoxy groups -OCH3 is 1. The molecule has 0 aliphatic carbocycles. The van der Waals surface area contributed by atoms with Gasteiger partial charge in [-0.1, -0.05) is 5.10 Å². The Morgan fingerprint density at radius 3 is 2.94 bits per heavy atom. The number of likely N-dealkylation sites (N-methyl/N-ethyl adjacent to an activating group) is 1. The predicted octanol–water partition coefficient (Wildman–Crippen LogP) is -1.01. The molecule has 8 heteroatoms. The largest absolute Gasteiger partial charge is 0.407 e. The summed E-state index contributed by atoms with van der Waals surface area (Å²) in [6, 6.07) is 0.321. The molecule has 0 bridgehead atoms. The zero-order chi connectivity index (χ0) is 13.4. The average molecular weight is 257 g/mol. The van der Waals surface area contributed by atoms with E-state index < -0.39 is 0 Å². The number of hydrogen-bond acceptors (Lipinski definition) is 7. The molecule has 0 aliphatic rings. The van der Waals surface area contributed by atoms with Crippen LogP contribution in [-0.4, -0.2) is 57.0 Å². The third-order valence-corrected chi connectivity index (χ3v) is 2.12. The molecule has 0 saturated carbocycles. The Balaban J connectivity index is 2.38. The van der Waals surface area contributed by atoms with Gasteiger partial charge >= 0.3 is 6.01 Å². The molecule has 2 N–H and O–H groups in total. The van der Waals surface area contributed by atoms with Gasteiger partial charge in [0.05, 0.1) is 13.2 Å². The van der Waals surface area contributed by atoms with Crippen molar-refractivity contribution in [1.29, 1.82) is 0 Å². The quantitative estimate of drug-likeness (QED) is 0.576. The van der Waals surface area contributed by atoms with Crippen molar-refractivity contribution in [2.75, 3.05) is 45.8 Å². The van der Waals surface area contributed by atoms with Crippen LogP contribution >= 0.6 is 0 Å². The van der Waals surface area contributed by atoms with Crippen LogP contribution < -0.4 is 15.5 Å². The van der Waals surface area contributed by atoms with E-state index >= 15 is 0 Å². The minimum atomic E-state index is -0.122. The molecule has 102 valence electrons. The number of carbonyl (C=O) groups excluding carboxylic acids is 1. The zero-order valence-electron chi connectivity index (χ0n) is 10.9. The summed E-state index contributed by atoms with van der Waals surface area (Å²) in [5.41, 5.74) is 0. The Morgan fingerprint density at radius 2 is 2.28 bits per heavy atom. The Morgan fingerprint density at radius 1 is 1.50 bits per heavy atom. The molecule has 0 atom stereocenters. The molecule has 0 spiro atoms. The monoisotopic (exact) mass is 257 g/mol. The lowest BCUT2D eigenvalue weighted by Crippen LogP contribution is -2.36. The van der Waals surface area contributed by atoms with Crippen molar-refractivity contribution in [3.63, 3.8) is 0 Å². The minimum Gasteiger partial charge on any atom is -0.407 e. The Labute approximate surface area is 106 Å². The third kappa shape index (κ3) is 4.68. The van der Waals surface area contributed by atoms with Gasteiger partial charge in [0.1, 0.15) is 6.54 Å². The summed E-state index contributed by atoms with van der Waals surface area (Å²) < 4.78 is 10.2. The molecule has 1 rings (SSSR count). The molecule has 0 radical (unpaired) electrons. The van der Waals surface area contributed by atoms with Gasteiger partial charge in [-0.3, -0.25) is 4.79 Å². The van der Waals surface area contributed by atoms with Gasteiger partial charge in [-0.15, -0.1) is 5.10 Å². The van der Waals surface area contributed by atoms with E-state index in [0.717, 1.165) is 0 Å². The molecule has 0 saturated heterocycles. The lowest BCUT2D eigenvalue weighted by molar-refractivity contribution is -0.119. The van der Waals surface area contributed by atoms with Crippen molar-refractivity contribution >= 4 is 11.9 Å². The zero-order valence-corrected chi connectivity index (χ0v) is 10.9. The van der Waals surface area contributed by atoms with E-state index in [9.17, 15) is 4.79 Å². The molecular formula is C10H19N5O3. The number of hydrogen-bond donors (Lipinski definition) is 2. The number of carbonyl (C=O) groups is 1. The number of anilines is 1. The maximum atomic E-state index is 11.5. The summed E-state index contributed by atoms with van der Waals surface area (Å²) >= 11 is 0. The van der Waals surface area contributed by atoms with Gasteiger partial charge in [-0.2, -0.15) is 0 Å². The summed E-state index contributed by atoms with van der Waals surface area (Å²) in [6.45, 7) is 1.63. The summed E-state index contributed by atoms with van der Waals surface area (Å²) in [7, 11) is 5.09. The fourth-order valence-corrected chi connectivity index (χ4v) is 1.25. The fourth-order valence-electron chi connectivity index (χ4n) is 1.25. The van der Waals surface area contributed by atoms with Crippen LogP contribution in [0, 0.1) is 0 Å². The smallest absolute Gasteiger partial charge is 0.318 e. The number of nitrogens with zero attached hydrogens (tertiary/aromatic N) is 3. The molecule has 1 aromatic rings.